The normalized spacial score (nSPS) is 11.5. The van der Waals surface area contributed by atoms with E-state index in [0.29, 0.717) is 17.9 Å². The van der Waals surface area contributed by atoms with Crippen LogP contribution in [0.4, 0.5) is 4.39 Å². The summed E-state index contributed by atoms with van der Waals surface area (Å²) < 4.78 is 23.9. The van der Waals surface area contributed by atoms with Crippen molar-refractivity contribution in [3.63, 3.8) is 0 Å². The third-order valence-electron chi connectivity index (χ3n) is 2.00. The highest BCUT2D eigenvalue weighted by molar-refractivity contribution is 5.39. The topological polar surface area (TPSA) is 44.5 Å². The van der Waals surface area contributed by atoms with Crippen LogP contribution in [0.25, 0.3) is 0 Å². The molecule has 0 aliphatic heterocycles. The summed E-state index contributed by atoms with van der Waals surface area (Å²) in [5.41, 5.74) is 5.54. The second-order valence-electron chi connectivity index (χ2n) is 3.53. The molecule has 1 atom stereocenters. The van der Waals surface area contributed by atoms with Gasteiger partial charge in [-0.3, -0.25) is 0 Å². The summed E-state index contributed by atoms with van der Waals surface area (Å²) in [4.78, 5) is 0. The van der Waals surface area contributed by atoms with Gasteiger partial charge in [0.05, 0.1) is 18.7 Å². The SMILES string of the molecule is COCC(C)Oc1ccc(C#CCN)c(F)c1. The number of halogens is 1. The van der Waals surface area contributed by atoms with E-state index < -0.39 is 5.82 Å². The highest BCUT2D eigenvalue weighted by Gasteiger charge is 2.06. The van der Waals surface area contributed by atoms with Gasteiger partial charge in [-0.25, -0.2) is 4.39 Å². The second-order valence-corrected chi connectivity index (χ2v) is 3.53. The zero-order valence-electron chi connectivity index (χ0n) is 10.00. The molecule has 0 saturated carbocycles. The first-order valence-corrected chi connectivity index (χ1v) is 5.31. The maximum Gasteiger partial charge on any atom is 0.142 e. The summed E-state index contributed by atoms with van der Waals surface area (Å²) >= 11 is 0. The van der Waals surface area contributed by atoms with Gasteiger partial charge < -0.3 is 15.2 Å². The van der Waals surface area contributed by atoms with Crippen molar-refractivity contribution in [1.82, 2.24) is 0 Å². The lowest BCUT2D eigenvalue weighted by Crippen LogP contribution is -2.18. The average molecular weight is 237 g/mol. The van der Waals surface area contributed by atoms with Gasteiger partial charge in [0.15, 0.2) is 0 Å². The molecule has 2 N–H and O–H groups in total. The van der Waals surface area contributed by atoms with E-state index in [1.807, 2.05) is 6.92 Å². The van der Waals surface area contributed by atoms with E-state index >= 15 is 0 Å². The Balaban J connectivity index is 2.75. The number of nitrogens with two attached hydrogens (primary N) is 1. The highest BCUT2D eigenvalue weighted by Crippen LogP contribution is 2.17. The molecular formula is C13H16FNO2. The van der Waals surface area contributed by atoms with E-state index in [4.69, 9.17) is 15.2 Å². The Kier molecular flexibility index (Phi) is 5.47. The number of benzene rings is 1. The van der Waals surface area contributed by atoms with Crippen LogP contribution in [0.1, 0.15) is 12.5 Å². The predicted molar refractivity (Wildman–Crippen MR) is 64.3 cm³/mol. The van der Waals surface area contributed by atoms with Crippen molar-refractivity contribution < 1.29 is 13.9 Å². The van der Waals surface area contributed by atoms with Crippen LogP contribution in [0, 0.1) is 17.7 Å². The Bertz CT molecular complexity index is 423. The molecule has 92 valence electrons. The molecule has 0 saturated heterocycles. The molecule has 0 fully saturated rings. The van der Waals surface area contributed by atoms with Gasteiger partial charge in [-0.15, -0.1) is 0 Å². The van der Waals surface area contributed by atoms with Crippen LogP contribution in [0.15, 0.2) is 18.2 Å². The molecule has 0 aliphatic rings. The highest BCUT2D eigenvalue weighted by atomic mass is 19.1. The number of ether oxygens (including phenoxy) is 2. The molecule has 1 aromatic rings. The molecule has 0 radical (unpaired) electrons. The van der Waals surface area contributed by atoms with Crippen molar-refractivity contribution >= 4 is 0 Å². The predicted octanol–water partition coefficient (Wildman–Crippen LogP) is 1.55. The Morgan fingerprint density at radius 3 is 2.82 bits per heavy atom. The molecule has 0 bridgehead atoms. The van der Waals surface area contributed by atoms with Gasteiger partial charge in [0.25, 0.3) is 0 Å². The van der Waals surface area contributed by atoms with Gasteiger partial charge in [-0.1, -0.05) is 11.8 Å². The van der Waals surface area contributed by atoms with Gasteiger partial charge in [0.2, 0.25) is 0 Å². The van der Waals surface area contributed by atoms with Crippen LogP contribution < -0.4 is 10.5 Å². The Labute approximate surface area is 101 Å². The Hall–Kier alpha value is -1.57. The van der Waals surface area contributed by atoms with E-state index in [1.165, 1.54) is 6.07 Å². The molecular weight excluding hydrogens is 221 g/mol. The minimum Gasteiger partial charge on any atom is -0.488 e. The molecule has 4 heteroatoms. The average Bonchev–Trinajstić information content (AvgIpc) is 2.28. The lowest BCUT2D eigenvalue weighted by Gasteiger charge is -2.13. The molecule has 17 heavy (non-hydrogen) atoms. The molecule has 1 rings (SSSR count). The van der Waals surface area contributed by atoms with Crippen LogP contribution in [0.2, 0.25) is 0 Å². The first kappa shape index (κ1) is 13.5. The third-order valence-corrected chi connectivity index (χ3v) is 2.00. The largest absolute Gasteiger partial charge is 0.488 e. The molecule has 0 spiro atoms. The van der Waals surface area contributed by atoms with Crippen molar-refractivity contribution in [3.8, 4) is 17.6 Å². The van der Waals surface area contributed by atoms with Crippen molar-refractivity contribution in [2.24, 2.45) is 5.73 Å². The molecule has 0 amide bonds. The lowest BCUT2D eigenvalue weighted by molar-refractivity contribution is 0.0918. The van der Waals surface area contributed by atoms with E-state index in [2.05, 4.69) is 11.8 Å². The molecule has 0 aliphatic carbocycles. The number of hydrogen-bond donors (Lipinski definition) is 1. The molecule has 0 aromatic heterocycles. The minimum absolute atomic E-state index is 0.125. The Morgan fingerprint density at radius 1 is 1.47 bits per heavy atom. The zero-order chi connectivity index (χ0) is 12.7. The fourth-order valence-corrected chi connectivity index (χ4v) is 1.32. The second kappa shape index (κ2) is 6.89. The van der Waals surface area contributed by atoms with Crippen LogP contribution in [0.5, 0.6) is 5.75 Å². The van der Waals surface area contributed by atoms with E-state index in [9.17, 15) is 4.39 Å². The fraction of sp³-hybridized carbons (Fsp3) is 0.385. The van der Waals surface area contributed by atoms with Gasteiger partial charge in [0, 0.05) is 13.2 Å². The van der Waals surface area contributed by atoms with Gasteiger partial charge in [-0.2, -0.15) is 0 Å². The van der Waals surface area contributed by atoms with Crippen molar-refractivity contribution in [2.75, 3.05) is 20.3 Å². The summed E-state index contributed by atoms with van der Waals surface area (Å²) in [5, 5.41) is 0. The monoisotopic (exact) mass is 237 g/mol. The van der Waals surface area contributed by atoms with Crippen LogP contribution >= 0.6 is 0 Å². The van der Waals surface area contributed by atoms with E-state index in [-0.39, 0.29) is 12.6 Å². The van der Waals surface area contributed by atoms with E-state index in [0.717, 1.165) is 0 Å². The van der Waals surface area contributed by atoms with Gasteiger partial charge in [0.1, 0.15) is 17.7 Å². The number of methoxy groups -OCH3 is 1. The van der Waals surface area contributed by atoms with Crippen molar-refractivity contribution in [3.05, 3.63) is 29.6 Å². The molecule has 3 nitrogen and oxygen atoms in total. The molecule has 1 unspecified atom stereocenters. The maximum atomic E-state index is 13.6. The third kappa shape index (κ3) is 4.43. The minimum atomic E-state index is -0.409. The molecule has 0 heterocycles. The first-order chi connectivity index (χ1) is 8.17. The van der Waals surface area contributed by atoms with E-state index in [1.54, 1.807) is 19.2 Å². The van der Waals surface area contributed by atoms with Gasteiger partial charge in [-0.05, 0) is 19.1 Å². The number of rotatable bonds is 4. The summed E-state index contributed by atoms with van der Waals surface area (Å²) in [7, 11) is 1.59. The summed E-state index contributed by atoms with van der Waals surface area (Å²) in [6.07, 6.45) is -0.125. The summed E-state index contributed by atoms with van der Waals surface area (Å²) in [5.74, 6) is 5.31. The fourth-order valence-electron chi connectivity index (χ4n) is 1.32. The standard InChI is InChI=1S/C13H16FNO2/c1-10(9-16-2)17-12-6-5-11(4-3-7-15)13(14)8-12/h5-6,8,10H,7,9,15H2,1-2H3. The summed E-state index contributed by atoms with van der Waals surface area (Å²) in [6, 6.07) is 4.56. The maximum absolute atomic E-state index is 13.6. The van der Waals surface area contributed by atoms with Crippen LogP contribution in [-0.4, -0.2) is 26.4 Å². The molecule has 1 aromatic carbocycles. The van der Waals surface area contributed by atoms with Crippen molar-refractivity contribution in [2.45, 2.75) is 13.0 Å². The lowest BCUT2D eigenvalue weighted by atomic mass is 10.2. The van der Waals surface area contributed by atoms with Crippen molar-refractivity contribution in [1.29, 1.82) is 0 Å². The van der Waals surface area contributed by atoms with Crippen LogP contribution in [-0.2, 0) is 4.74 Å². The van der Waals surface area contributed by atoms with Gasteiger partial charge >= 0.3 is 0 Å². The smallest absolute Gasteiger partial charge is 0.142 e. The summed E-state index contributed by atoms with van der Waals surface area (Å²) in [6.45, 7) is 2.52. The first-order valence-electron chi connectivity index (χ1n) is 5.31. The quantitative estimate of drug-likeness (QED) is 0.808. The Morgan fingerprint density at radius 2 is 2.24 bits per heavy atom. The zero-order valence-corrected chi connectivity index (χ0v) is 10.00. The number of hydrogen-bond acceptors (Lipinski definition) is 3. The van der Waals surface area contributed by atoms with Crippen LogP contribution in [0.3, 0.4) is 0 Å².